The van der Waals surface area contributed by atoms with Gasteiger partial charge in [0, 0.05) is 0 Å². The maximum atomic E-state index is 11.8. The number of carbonyl (C=O) groups excluding carboxylic acids is 1. The van der Waals surface area contributed by atoms with Gasteiger partial charge in [-0.3, -0.25) is 0 Å². The van der Waals surface area contributed by atoms with E-state index in [0.29, 0.717) is 6.61 Å². The van der Waals surface area contributed by atoms with Crippen LogP contribution in [-0.4, -0.2) is 29.9 Å². The SMILES string of the molecule is CCCCOc1ccc(O)c2oc(=O)c(C(=O)OC)c(O)c12. The molecule has 22 heavy (non-hydrogen) atoms. The fraction of sp³-hybridized carbons (Fsp3) is 0.333. The van der Waals surface area contributed by atoms with Gasteiger partial charge in [-0.2, -0.15) is 0 Å². The summed E-state index contributed by atoms with van der Waals surface area (Å²) in [5.74, 6) is -1.81. The van der Waals surface area contributed by atoms with Crippen molar-refractivity contribution in [1.82, 2.24) is 0 Å². The highest BCUT2D eigenvalue weighted by atomic mass is 16.5. The summed E-state index contributed by atoms with van der Waals surface area (Å²) in [6.45, 7) is 2.37. The van der Waals surface area contributed by atoms with Gasteiger partial charge in [0.15, 0.2) is 22.6 Å². The molecule has 0 bridgehead atoms. The predicted molar refractivity (Wildman–Crippen MR) is 77.6 cm³/mol. The molecule has 1 heterocycles. The third-order valence-electron chi connectivity index (χ3n) is 3.12. The number of rotatable bonds is 5. The summed E-state index contributed by atoms with van der Waals surface area (Å²) in [6.07, 6.45) is 1.69. The van der Waals surface area contributed by atoms with E-state index in [2.05, 4.69) is 4.74 Å². The number of unbranched alkanes of at least 4 members (excludes halogenated alkanes) is 1. The van der Waals surface area contributed by atoms with Gasteiger partial charge >= 0.3 is 11.6 Å². The monoisotopic (exact) mass is 308 g/mol. The predicted octanol–water partition coefficient (Wildman–Crippen LogP) is 2.17. The molecular weight excluding hydrogens is 292 g/mol. The number of carbonyl (C=O) groups is 1. The minimum Gasteiger partial charge on any atom is -0.506 e. The van der Waals surface area contributed by atoms with Crippen LogP contribution in [0.25, 0.3) is 11.0 Å². The van der Waals surface area contributed by atoms with E-state index in [4.69, 9.17) is 9.15 Å². The topological polar surface area (TPSA) is 106 Å². The first-order chi connectivity index (χ1) is 10.5. The Morgan fingerprint density at radius 2 is 2.05 bits per heavy atom. The molecule has 2 N–H and O–H groups in total. The van der Waals surface area contributed by atoms with Crippen molar-refractivity contribution in [1.29, 1.82) is 0 Å². The first kappa shape index (κ1) is 15.7. The van der Waals surface area contributed by atoms with Crippen LogP contribution in [0.2, 0.25) is 0 Å². The van der Waals surface area contributed by atoms with Gasteiger partial charge in [-0.25, -0.2) is 9.59 Å². The van der Waals surface area contributed by atoms with Crippen LogP contribution in [0, 0.1) is 0 Å². The molecule has 0 saturated carbocycles. The normalized spacial score (nSPS) is 10.6. The molecule has 1 aromatic heterocycles. The van der Waals surface area contributed by atoms with Crippen LogP contribution in [0.5, 0.6) is 17.2 Å². The van der Waals surface area contributed by atoms with E-state index in [0.717, 1.165) is 20.0 Å². The van der Waals surface area contributed by atoms with Crippen molar-refractivity contribution in [2.24, 2.45) is 0 Å². The number of aromatic hydroxyl groups is 2. The van der Waals surface area contributed by atoms with Crippen LogP contribution in [0.3, 0.4) is 0 Å². The molecule has 0 amide bonds. The van der Waals surface area contributed by atoms with Crippen molar-refractivity contribution in [3.05, 3.63) is 28.1 Å². The lowest BCUT2D eigenvalue weighted by molar-refractivity contribution is 0.0592. The third kappa shape index (κ3) is 2.69. The van der Waals surface area contributed by atoms with Gasteiger partial charge < -0.3 is 24.1 Å². The number of fused-ring (bicyclic) bond motifs is 1. The van der Waals surface area contributed by atoms with E-state index in [1.54, 1.807) is 0 Å². The van der Waals surface area contributed by atoms with Gasteiger partial charge in [-0.05, 0) is 18.6 Å². The fourth-order valence-electron chi connectivity index (χ4n) is 1.98. The van der Waals surface area contributed by atoms with Gasteiger partial charge in [0.05, 0.1) is 13.7 Å². The molecule has 0 aliphatic carbocycles. The Hall–Kier alpha value is -2.70. The Morgan fingerprint density at radius 1 is 1.32 bits per heavy atom. The third-order valence-corrected chi connectivity index (χ3v) is 3.12. The lowest BCUT2D eigenvalue weighted by Gasteiger charge is -2.11. The molecule has 0 radical (unpaired) electrons. The fourth-order valence-corrected chi connectivity index (χ4v) is 1.98. The van der Waals surface area contributed by atoms with Gasteiger partial charge in [0.25, 0.3) is 0 Å². The Balaban J connectivity index is 2.70. The highest BCUT2D eigenvalue weighted by molar-refractivity contribution is 6.02. The molecule has 0 unspecified atom stereocenters. The number of phenols is 1. The highest BCUT2D eigenvalue weighted by Gasteiger charge is 2.25. The molecule has 0 aliphatic rings. The number of benzene rings is 1. The Bertz CT molecular complexity index is 761. The zero-order valence-corrected chi connectivity index (χ0v) is 12.2. The lowest BCUT2D eigenvalue weighted by atomic mass is 10.1. The minimum absolute atomic E-state index is 0.0453. The molecule has 0 saturated heterocycles. The van der Waals surface area contributed by atoms with E-state index in [-0.39, 0.29) is 22.5 Å². The average Bonchev–Trinajstić information content (AvgIpc) is 2.49. The zero-order chi connectivity index (χ0) is 16.3. The van der Waals surface area contributed by atoms with Crippen LogP contribution in [-0.2, 0) is 4.74 Å². The summed E-state index contributed by atoms with van der Waals surface area (Å²) in [6, 6.07) is 2.71. The molecular formula is C15H16O7. The molecule has 7 nitrogen and oxygen atoms in total. The highest BCUT2D eigenvalue weighted by Crippen LogP contribution is 2.39. The van der Waals surface area contributed by atoms with Crippen LogP contribution in [0.4, 0.5) is 0 Å². The van der Waals surface area contributed by atoms with Gasteiger partial charge in [-0.15, -0.1) is 0 Å². The summed E-state index contributed by atoms with van der Waals surface area (Å²) in [5.41, 5.74) is -1.98. The van der Waals surface area contributed by atoms with Crippen LogP contribution in [0.1, 0.15) is 30.1 Å². The zero-order valence-electron chi connectivity index (χ0n) is 12.2. The minimum atomic E-state index is -1.10. The second-order valence-corrected chi connectivity index (χ2v) is 4.59. The van der Waals surface area contributed by atoms with Crippen LogP contribution >= 0.6 is 0 Å². The summed E-state index contributed by atoms with van der Waals surface area (Å²) in [5, 5.41) is 20.0. The van der Waals surface area contributed by atoms with E-state index < -0.39 is 22.9 Å². The number of hydrogen-bond acceptors (Lipinski definition) is 7. The summed E-state index contributed by atoms with van der Waals surface area (Å²) in [4.78, 5) is 23.4. The maximum absolute atomic E-state index is 11.8. The summed E-state index contributed by atoms with van der Waals surface area (Å²) >= 11 is 0. The Kier molecular flexibility index (Phi) is 4.55. The molecule has 0 atom stereocenters. The molecule has 7 heteroatoms. The molecule has 0 spiro atoms. The lowest BCUT2D eigenvalue weighted by Crippen LogP contribution is -2.16. The van der Waals surface area contributed by atoms with Crippen molar-refractivity contribution in [3.63, 3.8) is 0 Å². The van der Waals surface area contributed by atoms with Gasteiger partial charge in [0.2, 0.25) is 0 Å². The number of ether oxygens (including phenoxy) is 2. The van der Waals surface area contributed by atoms with Crippen molar-refractivity contribution >= 4 is 16.9 Å². The summed E-state index contributed by atoms with van der Waals surface area (Å²) < 4.78 is 14.9. The molecule has 0 aliphatic heterocycles. The number of methoxy groups -OCH3 is 1. The van der Waals surface area contributed by atoms with E-state index in [1.807, 2.05) is 6.92 Å². The van der Waals surface area contributed by atoms with E-state index in [1.165, 1.54) is 12.1 Å². The largest absolute Gasteiger partial charge is 0.506 e. The maximum Gasteiger partial charge on any atom is 0.355 e. The standard InChI is InChI=1S/C15H16O7/c1-3-4-7-21-9-6-5-8(16)13-10(9)12(17)11(14(18)20-2)15(19)22-13/h5-6,16-17H,3-4,7H2,1-2H3. The van der Waals surface area contributed by atoms with Gasteiger partial charge in [-0.1, -0.05) is 13.3 Å². The Labute approximate surface area is 125 Å². The second-order valence-electron chi connectivity index (χ2n) is 4.59. The van der Waals surface area contributed by atoms with Crippen molar-refractivity contribution in [2.75, 3.05) is 13.7 Å². The molecule has 1 aromatic carbocycles. The molecule has 118 valence electrons. The van der Waals surface area contributed by atoms with Crippen LogP contribution in [0.15, 0.2) is 21.3 Å². The van der Waals surface area contributed by atoms with Crippen molar-refractivity contribution in [2.45, 2.75) is 19.8 Å². The summed E-state index contributed by atoms with van der Waals surface area (Å²) in [7, 11) is 1.08. The van der Waals surface area contributed by atoms with E-state index >= 15 is 0 Å². The van der Waals surface area contributed by atoms with Gasteiger partial charge in [0.1, 0.15) is 11.1 Å². The second kappa shape index (κ2) is 6.38. The first-order valence-corrected chi connectivity index (χ1v) is 6.74. The number of hydrogen-bond donors (Lipinski definition) is 2. The molecule has 2 aromatic rings. The van der Waals surface area contributed by atoms with E-state index in [9.17, 15) is 19.8 Å². The first-order valence-electron chi connectivity index (χ1n) is 6.74. The number of phenolic OH excluding ortho intramolecular Hbond substituents is 1. The number of esters is 1. The smallest absolute Gasteiger partial charge is 0.355 e. The average molecular weight is 308 g/mol. The Morgan fingerprint density at radius 3 is 2.68 bits per heavy atom. The van der Waals surface area contributed by atoms with Crippen molar-refractivity contribution < 1.29 is 28.9 Å². The van der Waals surface area contributed by atoms with Crippen LogP contribution < -0.4 is 10.4 Å². The van der Waals surface area contributed by atoms with Crippen molar-refractivity contribution in [3.8, 4) is 17.2 Å². The molecule has 2 rings (SSSR count). The molecule has 0 fully saturated rings. The quantitative estimate of drug-likeness (QED) is 0.495.